The molecule has 1 saturated carbocycles. The third kappa shape index (κ3) is 5.75. The van der Waals surface area contributed by atoms with Gasteiger partial charge in [-0.25, -0.2) is 17.9 Å². The summed E-state index contributed by atoms with van der Waals surface area (Å²) in [4.78, 5) is 12.7. The van der Waals surface area contributed by atoms with Crippen molar-refractivity contribution >= 4 is 27.4 Å². The molecule has 0 bridgehead atoms. The average molecular weight is 490 g/mol. The van der Waals surface area contributed by atoms with Gasteiger partial charge in [-0.2, -0.15) is 13.2 Å². The molecular weight excluding hydrogens is 467 g/mol. The lowest BCUT2D eigenvalue weighted by atomic mass is 10.0. The predicted molar refractivity (Wildman–Crippen MR) is 124 cm³/mol. The van der Waals surface area contributed by atoms with Crippen LogP contribution < -0.4 is 15.4 Å². The second-order valence-electron chi connectivity index (χ2n) is 8.13. The van der Waals surface area contributed by atoms with Crippen LogP contribution in [0.1, 0.15) is 24.0 Å². The first-order valence-corrected chi connectivity index (χ1v) is 12.0. The number of rotatable bonds is 6. The Hall–Kier alpha value is -3.37. The van der Waals surface area contributed by atoms with Gasteiger partial charge in [-0.15, -0.1) is 0 Å². The van der Waals surface area contributed by atoms with Crippen LogP contribution in [-0.4, -0.2) is 20.5 Å². The zero-order valence-electron chi connectivity index (χ0n) is 18.1. The lowest BCUT2D eigenvalue weighted by Crippen LogP contribution is -2.26. The highest BCUT2D eigenvalue weighted by atomic mass is 32.2. The summed E-state index contributed by atoms with van der Waals surface area (Å²) in [6, 6.07) is 15.1. The van der Waals surface area contributed by atoms with Crippen LogP contribution in [0.4, 0.5) is 29.3 Å². The highest BCUT2D eigenvalue weighted by Crippen LogP contribution is 2.33. The molecule has 0 radical (unpaired) electrons. The maximum Gasteiger partial charge on any atom is 0.416 e. The molecule has 0 aromatic heterocycles. The number of aryl methyl sites for hydroxylation is 1. The van der Waals surface area contributed by atoms with E-state index >= 15 is 0 Å². The van der Waals surface area contributed by atoms with Crippen molar-refractivity contribution < 1.29 is 26.4 Å². The summed E-state index contributed by atoms with van der Waals surface area (Å²) in [5.74, 6) is 0. The number of urea groups is 1. The number of hydrogen-bond acceptors (Lipinski definition) is 3. The van der Waals surface area contributed by atoms with Gasteiger partial charge in [0.05, 0.1) is 16.1 Å². The predicted octanol–water partition coefficient (Wildman–Crippen LogP) is 5.77. The SMILES string of the molecule is Cc1cccc(-c2ccc(S(=O)(=O)NC3CC3)cc2NC(=O)Nc2cccc(C(F)(F)F)c2)c1. The lowest BCUT2D eigenvalue weighted by Gasteiger charge is -2.15. The molecule has 0 atom stereocenters. The molecule has 1 aliphatic carbocycles. The molecule has 6 nitrogen and oxygen atoms in total. The van der Waals surface area contributed by atoms with Gasteiger partial charge in [0.1, 0.15) is 0 Å². The van der Waals surface area contributed by atoms with Gasteiger partial charge in [0.2, 0.25) is 10.0 Å². The Kier molecular flexibility index (Phi) is 6.37. The van der Waals surface area contributed by atoms with Crippen LogP contribution in [0.3, 0.4) is 0 Å². The molecule has 1 fully saturated rings. The van der Waals surface area contributed by atoms with Crippen molar-refractivity contribution in [3.05, 3.63) is 77.9 Å². The van der Waals surface area contributed by atoms with Crippen LogP contribution in [0.15, 0.2) is 71.6 Å². The minimum atomic E-state index is -4.55. The van der Waals surface area contributed by atoms with Crippen molar-refractivity contribution in [3.8, 4) is 11.1 Å². The van der Waals surface area contributed by atoms with Gasteiger partial charge in [-0.3, -0.25) is 0 Å². The van der Waals surface area contributed by atoms with E-state index in [4.69, 9.17) is 0 Å². The zero-order chi connectivity index (χ0) is 24.5. The quantitative estimate of drug-likeness (QED) is 0.411. The third-order valence-corrected chi connectivity index (χ3v) is 6.74. The number of sulfonamides is 1. The fourth-order valence-corrected chi connectivity index (χ4v) is 4.74. The maximum atomic E-state index is 13.0. The Morgan fingerprint density at radius 2 is 1.68 bits per heavy atom. The van der Waals surface area contributed by atoms with Crippen LogP contribution in [0.2, 0.25) is 0 Å². The lowest BCUT2D eigenvalue weighted by molar-refractivity contribution is -0.137. The second kappa shape index (κ2) is 9.11. The fraction of sp³-hybridized carbons (Fsp3) is 0.208. The van der Waals surface area contributed by atoms with E-state index in [1.807, 2.05) is 31.2 Å². The first-order chi connectivity index (χ1) is 16.0. The summed E-state index contributed by atoms with van der Waals surface area (Å²) >= 11 is 0. The normalized spacial score (nSPS) is 14.0. The molecular formula is C24H22F3N3O3S. The monoisotopic (exact) mass is 489 g/mol. The molecule has 0 saturated heterocycles. The van der Waals surface area contributed by atoms with Crippen LogP contribution in [0.5, 0.6) is 0 Å². The van der Waals surface area contributed by atoms with E-state index < -0.39 is 27.8 Å². The van der Waals surface area contributed by atoms with Crippen LogP contribution in [0.25, 0.3) is 11.1 Å². The minimum absolute atomic E-state index is 0.0230. The third-order valence-electron chi connectivity index (χ3n) is 5.23. The first kappa shape index (κ1) is 23.8. The van der Waals surface area contributed by atoms with E-state index in [0.717, 1.165) is 36.1 Å². The maximum absolute atomic E-state index is 13.0. The van der Waals surface area contributed by atoms with Crippen LogP contribution in [-0.2, 0) is 16.2 Å². The van der Waals surface area contributed by atoms with E-state index in [1.54, 1.807) is 6.07 Å². The van der Waals surface area contributed by atoms with E-state index in [2.05, 4.69) is 15.4 Å². The van der Waals surface area contributed by atoms with Gasteiger partial charge in [-0.1, -0.05) is 42.0 Å². The molecule has 3 N–H and O–H groups in total. The molecule has 3 aromatic rings. The van der Waals surface area contributed by atoms with E-state index in [1.165, 1.54) is 24.3 Å². The smallest absolute Gasteiger partial charge is 0.308 e. The molecule has 34 heavy (non-hydrogen) atoms. The number of carbonyl (C=O) groups excluding carboxylic acids is 1. The Bertz CT molecular complexity index is 1340. The molecule has 0 unspecified atom stereocenters. The van der Waals surface area contributed by atoms with Crippen molar-refractivity contribution in [1.82, 2.24) is 4.72 Å². The highest BCUT2D eigenvalue weighted by molar-refractivity contribution is 7.89. The number of halogens is 3. The van der Waals surface area contributed by atoms with E-state index in [9.17, 15) is 26.4 Å². The van der Waals surface area contributed by atoms with Crippen molar-refractivity contribution in [2.45, 2.75) is 36.9 Å². The fourth-order valence-electron chi connectivity index (χ4n) is 3.40. The second-order valence-corrected chi connectivity index (χ2v) is 9.84. The van der Waals surface area contributed by atoms with Crippen LogP contribution in [0, 0.1) is 6.92 Å². The number of anilines is 2. The molecule has 3 aromatic carbocycles. The van der Waals surface area contributed by atoms with E-state index in [-0.39, 0.29) is 22.3 Å². The van der Waals surface area contributed by atoms with E-state index in [0.29, 0.717) is 5.56 Å². The largest absolute Gasteiger partial charge is 0.416 e. The summed E-state index contributed by atoms with van der Waals surface area (Å²) in [6.07, 6.45) is -3.01. The van der Waals surface area contributed by atoms with Crippen molar-refractivity contribution in [3.63, 3.8) is 0 Å². The van der Waals surface area contributed by atoms with Crippen molar-refractivity contribution in [2.24, 2.45) is 0 Å². The Balaban J connectivity index is 1.65. The standard InChI is InChI=1S/C24H22F3N3O3S/c1-15-4-2-5-16(12-15)21-11-10-20(34(32,33)30-18-8-9-18)14-22(21)29-23(31)28-19-7-3-6-17(13-19)24(25,26)27/h2-7,10-14,18,30H,8-9H2,1H3,(H2,28,29,31). The number of nitrogens with one attached hydrogen (secondary N) is 3. The molecule has 10 heteroatoms. The average Bonchev–Trinajstić information content (AvgIpc) is 3.56. The van der Waals surface area contributed by atoms with Crippen molar-refractivity contribution in [2.75, 3.05) is 10.6 Å². The van der Waals surface area contributed by atoms with Crippen LogP contribution >= 0.6 is 0 Å². The highest BCUT2D eigenvalue weighted by Gasteiger charge is 2.31. The number of hydrogen-bond donors (Lipinski definition) is 3. The summed E-state index contributed by atoms with van der Waals surface area (Å²) < 4.78 is 66.9. The van der Waals surface area contributed by atoms with Gasteiger partial charge in [0, 0.05) is 17.3 Å². The summed E-state index contributed by atoms with van der Waals surface area (Å²) in [6.45, 7) is 1.90. The van der Waals surface area contributed by atoms with Gasteiger partial charge >= 0.3 is 12.2 Å². The van der Waals surface area contributed by atoms with Gasteiger partial charge in [0.25, 0.3) is 0 Å². The Labute approximate surface area is 195 Å². The molecule has 0 heterocycles. The number of amides is 2. The summed E-state index contributed by atoms with van der Waals surface area (Å²) in [5.41, 5.74) is 1.52. The molecule has 0 spiro atoms. The summed E-state index contributed by atoms with van der Waals surface area (Å²) in [7, 11) is -3.79. The molecule has 1 aliphatic rings. The van der Waals surface area contributed by atoms with Gasteiger partial charge < -0.3 is 10.6 Å². The molecule has 178 valence electrons. The molecule has 0 aliphatic heterocycles. The van der Waals surface area contributed by atoms with Gasteiger partial charge in [0.15, 0.2) is 0 Å². The molecule has 4 rings (SSSR count). The number of carbonyl (C=O) groups is 1. The zero-order valence-corrected chi connectivity index (χ0v) is 18.9. The minimum Gasteiger partial charge on any atom is -0.308 e. The Morgan fingerprint density at radius 1 is 0.941 bits per heavy atom. The molecule has 2 amide bonds. The van der Waals surface area contributed by atoms with Crippen molar-refractivity contribution in [1.29, 1.82) is 0 Å². The Morgan fingerprint density at radius 3 is 2.35 bits per heavy atom. The van der Waals surface area contributed by atoms with Gasteiger partial charge in [-0.05, 0) is 55.7 Å². The summed E-state index contributed by atoms with van der Waals surface area (Å²) in [5, 5.41) is 4.97. The topological polar surface area (TPSA) is 87.3 Å². The first-order valence-electron chi connectivity index (χ1n) is 10.5. The number of benzene rings is 3. The number of alkyl halides is 3.